The Labute approximate surface area is 120 Å². The molecule has 0 aliphatic carbocycles. The van der Waals surface area contributed by atoms with Crippen LogP contribution in [0.2, 0.25) is 0 Å². The summed E-state index contributed by atoms with van der Waals surface area (Å²) in [6.45, 7) is 1.97. The summed E-state index contributed by atoms with van der Waals surface area (Å²) >= 11 is -0.0823. The molecule has 1 aromatic rings. The van der Waals surface area contributed by atoms with Crippen LogP contribution < -0.4 is 10.6 Å². The van der Waals surface area contributed by atoms with Gasteiger partial charge in [0.1, 0.15) is 0 Å². The van der Waals surface area contributed by atoms with Crippen LogP contribution in [0.5, 0.6) is 0 Å². The van der Waals surface area contributed by atoms with Crippen LogP contribution in [0.15, 0.2) is 29.2 Å². The SMILES string of the molecule is Cl.FC(F)(F)Sc1ccc(NC2CCNCC2)cc1. The van der Waals surface area contributed by atoms with E-state index >= 15 is 0 Å². The van der Waals surface area contributed by atoms with Gasteiger partial charge in [-0.15, -0.1) is 12.4 Å². The van der Waals surface area contributed by atoms with Gasteiger partial charge < -0.3 is 10.6 Å². The molecule has 1 heterocycles. The van der Waals surface area contributed by atoms with Crippen LogP contribution in [0.3, 0.4) is 0 Å². The van der Waals surface area contributed by atoms with Gasteiger partial charge in [0.05, 0.1) is 0 Å². The van der Waals surface area contributed by atoms with Crippen molar-refractivity contribution >= 4 is 29.9 Å². The largest absolute Gasteiger partial charge is 0.446 e. The average molecular weight is 313 g/mol. The van der Waals surface area contributed by atoms with E-state index in [0.717, 1.165) is 31.6 Å². The number of thioether (sulfide) groups is 1. The summed E-state index contributed by atoms with van der Waals surface area (Å²) in [6, 6.07) is 6.82. The van der Waals surface area contributed by atoms with Crippen molar-refractivity contribution in [3.63, 3.8) is 0 Å². The van der Waals surface area contributed by atoms with Crippen molar-refractivity contribution in [1.29, 1.82) is 0 Å². The Morgan fingerprint density at radius 3 is 2.21 bits per heavy atom. The van der Waals surface area contributed by atoms with Gasteiger partial charge in [0.25, 0.3) is 0 Å². The first-order chi connectivity index (χ1) is 8.53. The van der Waals surface area contributed by atoms with Crippen LogP contribution in [0.1, 0.15) is 12.8 Å². The summed E-state index contributed by atoms with van der Waals surface area (Å²) in [5.74, 6) is 0. The normalized spacial score (nSPS) is 16.8. The Kier molecular flexibility index (Phi) is 6.29. The number of hydrogen-bond acceptors (Lipinski definition) is 3. The Morgan fingerprint density at radius 2 is 1.68 bits per heavy atom. The lowest BCUT2D eigenvalue weighted by atomic mass is 10.1. The maximum absolute atomic E-state index is 12.2. The van der Waals surface area contributed by atoms with Crippen molar-refractivity contribution in [2.24, 2.45) is 0 Å². The summed E-state index contributed by atoms with van der Waals surface area (Å²) in [5, 5.41) is 6.61. The zero-order valence-electron chi connectivity index (χ0n) is 10.2. The van der Waals surface area contributed by atoms with Gasteiger partial charge in [-0.1, -0.05) is 0 Å². The summed E-state index contributed by atoms with van der Waals surface area (Å²) in [4.78, 5) is 0.221. The van der Waals surface area contributed by atoms with Crippen LogP contribution in [-0.2, 0) is 0 Å². The van der Waals surface area contributed by atoms with Gasteiger partial charge >= 0.3 is 5.51 Å². The standard InChI is InChI=1S/C12H15F3N2S.ClH/c13-12(14,15)18-11-3-1-9(2-4-11)17-10-5-7-16-8-6-10;/h1-4,10,16-17H,5-8H2;1H. The van der Waals surface area contributed by atoms with E-state index in [2.05, 4.69) is 10.6 Å². The van der Waals surface area contributed by atoms with Crippen molar-refractivity contribution < 1.29 is 13.2 Å². The second-order valence-electron chi connectivity index (χ2n) is 4.24. The molecular weight excluding hydrogens is 297 g/mol. The minimum absolute atomic E-state index is 0. The summed E-state index contributed by atoms with van der Waals surface area (Å²) in [7, 11) is 0. The Morgan fingerprint density at radius 1 is 1.11 bits per heavy atom. The highest BCUT2D eigenvalue weighted by Crippen LogP contribution is 2.37. The molecule has 7 heteroatoms. The first-order valence-corrected chi connectivity index (χ1v) is 6.68. The van der Waals surface area contributed by atoms with E-state index in [9.17, 15) is 13.2 Å². The number of rotatable bonds is 3. The van der Waals surface area contributed by atoms with Crippen LogP contribution in [0.25, 0.3) is 0 Å². The maximum Gasteiger partial charge on any atom is 0.446 e. The van der Waals surface area contributed by atoms with E-state index in [1.807, 2.05) is 0 Å². The Balaban J connectivity index is 0.00000180. The molecule has 0 aromatic heterocycles. The summed E-state index contributed by atoms with van der Waals surface area (Å²) < 4.78 is 36.5. The molecule has 2 N–H and O–H groups in total. The molecule has 0 bridgehead atoms. The minimum atomic E-state index is -4.22. The number of hydrogen-bond donors (Lipinski definition) is 2. The van der Waals surface area contributed by atoms with Crippen molar-refractivity contribution in [3.8, 4) is 0 Å². The lowest BCUT2D eigenvalue weighted by Crippen LogP contribution is -2.35. The van der Waals surface area contributed by atoms with Crippen molar-refractivity contribution in [1.82, 2.24) is 5.32 Å². The molecule has 1 aromatic carbocycles. The lowest BCUT2D eigenvalue weighted by Gasteiger charge is -2.24. The van der Waals surface area contributed by atoms with E-state index in [1.165, 1.54) is 12.1 Å². The number of alkyl halides is 3. The van der Waals surface area contributed by atoms with Gasteiger partial charge in [0.2, 0.25) is 0 Å². The molecule has 0 unspecified atom stereocenters. The third-order valence-corrected chi connectivity index (χ3v) is 3.54. The second-order valence-corrected chi connectivity index (χ2v) is 5.38. The van der Waals surface area contributed by atoms with E-state index < -0.39 is 5.51 Å². The molecule has 0 saturated carbocycles. The van der Waals surface area contributed by atoms with Gasteiger partial charge in [-0.2, -0.15) is 13.2 Å². The van der Waals surface area contributed by atoms with E-state index in [1.54, 1.807) is 12.1 Å². The number of piperidine rings is 1. The molecular formula is C12H16ClF3N2S. The molecule has 1 aliphatic heterocycles. The van der Waals surface area contributed by atoms with Gasteiger partial charge in [0.15, 0.2) is 0 Å². The second kappa shape index (κ2) is 7.26. The lowest BCUT2D eigenvalue weighted by molar-refractivity contribution is -0.0328. The Bertz CT molecular complexity index is 378. The topological polar surface area (TPSA) is 24.1 Å². The number of nitrogens with one attached hydrogen (secondary N) is 2. The van der Waals surface area contributed by atoms with Crippen molar-refractivity contribution in [2.45, 2.75) is 29.3 Å². The van der Waals surface area contributed by atoms with Crippen molar-refractivity contribution in [2.75, 3.05) is 18.4 Å². The predicted molar refractivity (Wildman–Crippen MR) is 75.1 cm³/mol. The fraction of sp³-hybridized carbons (Fsp3) is 0.500. The number of halogens is 4. The predicted octanol–water partition coefficient (Wildman–Crippen LogP) is 3.88. The van der Waals surface area contributed by atoms with Crippen molar-refractivity contribution in [3.05, 3.63) is 24.3 Å². The smallest absolute Gasteiger partial charge is 0.382 e. The van der Waals surface area contributed by atoms with E-state index in [-0.39, 0.29) is 29.1 Å². The fourth-order valence-electron chi connectivity index (χ4n) is 1.95. The fourth-order valence-corrected chi connectivity index (χ4v) is 2.49. The van der Waals surface area contributed by atoms with Crippen LogP contribution in [0.4, 0.5) is 18.9 Å². The van der Waals surface area contributed by atoms with E-state index in [4.69, 9.17) is 0 Å². The zero-order chi connectivity index (χ0) is 13.0. The molecule has 1 fully saturated rings. The van der Waals surface area contributed by atoms with Gasteiger partial charge in [0, 0.05) is 16.6 Å². The molecule has 0 atom stereocenters. The molecule has 1 aliphatic rings. The highest BCUT2D eigenvalue weighted by molar-refractivity contribution is 8.00. The van der Waals surface area contributed by atoms with Crippen LogP contribution in [0, 0.1) is 0 Å². The molecule has 0 spiro atoms. The molecule has 0 radical (unpaired) electrons. The Hall–Kier alpha value is -0.590. The first kappa shape index (κ1) is 16.5. The molecule has 108 valence electrons. The molecule has 1 saturated heterocycles. The van der Waals surface area contributed by atoms with Gasteiger partial charge in [-0.05, 0) is 62.0 Å². The third-order valence-electron chi connectivity index (χ3n) is 2.80. The van der Waals surface area contributed by atoms with Crippen LogP contribution in [-0.4, -0.2) is 24.6 Å². The molecule has 2 nitrogen and oxygen atoms in total. The first-order valence-electron chi connectivity index (χ1n) is 5.86. The molecule has 19 heavy (non-hydrogen) atoms. The maximum atomic E-state index is 12.2. The highest BCUT2D eigenvalue weighted by atomic mass is 35.5. The van der Waals surface area contributed by atoms with Gasteiger partial charge in [-0.3, -0.25) is 0 Å². The number of anilines is 1. The zero-order valence-corrected chi connectivity index (χ0v) is 11.8. The summed E-state index contributed by atoms with van der Waals surface area (Å²) in [5.41, 5.74) is -3.34. The third kappa shape index (κ3) is 5.93. The monoisotopic (exact) mass is 312 g/mol. The average Bonchev–Trinajstić information content (AvgIpc) is 2.31. The molecule has 0 amide bonds. The number of benzene rings is 1. The van der Waals surface area contributed by atoms with Gasteiger partial charge in [-0.25, -0.2) is 0 Å². The quantitative estimate of drug-likeness (QED) is 0.828. The van der Waals surface area contributed by atoms with Crippen LogP contribution >= 0.6 is 24.2 Å². The summed E-state index contributed by atoms with van der Waals surface area (Å²) in [6.07, 6.45) is 2.08. The minimum Gasteiger partial charge on any atom is -0.382 e. The highest BCUT2D eigenvalue weighted by Gasteiger charge is 2.29. The van der Waals surface area contributed by atoms with E-state index in [0.29, 0.717) is 6.04 Å². The molecule has 2 rings (SSSR count).